The molecular weight excluding hydrogens is 255 g/mol. The molecule has 20 heavy (non-hydrogen) atoms. The van der Waals surface area contributed by atoms with E-state index in [1.54, 1.807) is 0 Å². The first-order chi connectivity index (χ1) is 9.54. The van der Waals surface area contributed by atoms with Gasteiger partial charge in [-0.3, -0.25) is 9.59 Å². The average Bonchev–Trinajstić information content (AvgIpc) is 2.84. The maximum atomic E-state index is 11.0. The van der Waals surface area contributed by atoms with Crippen molar-refractivity contribution in [1.29, 1.82) is 0 Å². The lowest BCUT2D eigenvalue weighted by atomic mass is 10.1. The molecule has 106 valence electrons. The lowest BCUT2D eigenvalue weighted by molar-refractivity contribution is -0.145. The molecule has 1 aliphatic rings. The number of nitrogens with zero attached hydrogens (tertiary/aromatic N) is 1. The number of anilines is 1. The second-order valence-corrected chi connectivity index (χ2v) is 5.05. The lowest BCUT2D eigenvalue weighted by Gasteiger charge is -2.19. The predicted octanol–water partition coefficient (Wildman–Crippen LogP) is 0.671. The second kappa shape index (κ2) is 6.46. The van der Waals surface area contributed by atoms with Gasteiger partial charge in [-0.1, -0.05) is 12.1 Å². The highest BCUT2D eigenvalue weighted by molar-refractivity contribution is 6.57. The van der Waals surface area contributed by atoms with E-state index in [2.05, 4.69) is 16.3 Å². The molecule has 1 N–H and O–H groups in total. The van der Waals surface area contributed by atoms with Gasteiger partial charge in [-0.05, 0) is 17.7 Å². The summed E-state index contributed by atoms with van der Waals surface area (Å²) < 4.78 is 5.23. The molecule has 1 saturated heterocycles. The fourth-order valence-electron chi connectivity index (χ4n) is 2.38. The summed E-state index contributed by atoms with van der Waals surface area (Å²) in [5.74, 6) is -0.261. The minimum atomic E-state index is -0.226. The first kappa shape index (κ1) is 14.4. The summed E-state index contributed by atoms with van der Waals surface area (Å²) in [5.41, 5.74) is 2.16. The highest BCUT2D eigenvalue weighted by Crippen LogP contribution is 2.23. The molecule has 1 fully saturated rings. The van der Waals surface area contributed by atoms with Gasteiger partial charge in [0.1, 0.15) is 6.10 Å². The van der Waals surface area contributed by atoms with Crippen molar-refractivity contribution in [2.45, 2.75) is 26.0 Å². The Labute approximate surface area is 119 Å². The summed E-state index contributed by atoms with van der Waals surface area (Å²) in [6.45, 7) is 3.58. The van der Waals surface area contributed by atoms with Crippen LogP contribution in [0.15, 0.2) is 24.3 Å². The van der Waals surface area contributed by atoms with Crippen molar-refractivity contribution in [1.82, 2.24) is 5.32 Å². The molecule has 0 spiro atoms. The van der Waals surface area contributed by atoms with Gasteiger partial charge in [-0.25, -0.2) is 0 Å². The number of ether oxygens (including phenoxy) is 1. The van der Waals surface area contributed by atoms with Crippen LogP contribution in [0.2, 0.25) is 0 Å². The molecule has 1 aromatic rings. The molecule has 1 aromatic carbocycles. The zero-order valence-electron chi connectivity index (χ0n) is 11.9. The van der Waals surface area contributed by atoms with Crippen molar-refractivity contribution in [3.8, 4) is 0 Å². The van der Waals surface area contributed by atoms with Gasteiger partial charge in [-0.2, -0.15) is 0 Å². The topological polar surface area (TPSA) is 58.6 Å². The molecule has 1 aliphatic heterocycles. The van der Waals surface area contributed by atoms with Gasteiger partial charge < -0.3 is 15.0 Å². The maximum absolute atomic E-state index is 11.0. The molecule has 0 aromatic heterocycles. The molecule has 2 rings (SSSR count). The molecule has 6 heteroatoms. The van der Waals surface area contributed by atoms with Crippen LogP contribution in [0.1, 0.15) is 18.9 Å². The third kappa shape index (κ3) is 4.01. The van der Waals surface area contributed by atoms with Crippen LogP contribution >= 0.6 is 0 Å². The van der Waals surface area contributed by atoms with E-state index >= 15 is 0 Å². The number of rotatable bonds is 4. The van der Waals surface area contributed by atoms with Gasteiger partial charge in [0.15, 0.2) is 5.81 Å². The molecule has 0 bridgehead atoms. The van der Waals surface area contributed by atoms with Crippen molar-refractivity contribution >= 4 is 25.3 Å². The zero-order chi connectivity index (χ0) is 14.5. The molecule has 1 amide bonds. The molecule has 0 unspecified atom stereocenters. The number of esters is 1. The first-order valence-electron chi connectivity index (χ1n) is 6.80. The van der Waals surface area contributed by atoms with Crippen LogP contribution in [0.25, 0.3) is 0 Å². The molecule has 1 atom stereocenters. The Balaban J connectivity index is 1.97. The highest BCUT2D eigenvalue weighted by Gasteiger charge is 2.24. The summed E-state index contributed by atoms with van der Waals surface area (Å²) in [6.07, 6.45) is 0.835. The van der Waals surface area contributed by atoms with Crippen LogP contribution in [0.4, 0.5) is 10.5 Å². The summed E-state index contributed by atoms with van der Waals surface area (Å²) in [7, 11) is 1.51. The van der Waals surface area contributed by atoms with E-state index in [9.17, 15) is 9.59 Å². The number of nitrogens with one attached hydrogen (secondary N) is 1. The van der Waals surface area contributed by atoms with E-state index in [4.69, 9.17) is 4.74 Å². The van der Waals surface area contributed by atoms with E-state index in [1.807, 2.05) is 18.2 Å². The van der Waals surface area contributed by atoms with Crippen LogP contribution in [0, 0.1) is 0 Å². The third-order valence-corrected chi connectivity index (χ3v) is 3.29. The van der Waals surface area contributed by atoms with Crippen LogP contribution in [-0.4, -0.2) is 38.8 Å². The minimum Gasteiger partial charge on any atom is -0.461 e. The van der Waals surface area contributed by atoms with Crippen LogP contribution in [0.5, 0.6) is 0 Å². The molecule has 5 nitrogen and oxygen atoms in total. The number of hydrogen-bond acceptors (Lipinski definition) is 4. The highest BCUT2D eigenvalue weighted by atomic mass is 16.5. The van der Waals surface area contributed by atoms with Crippen molar-refractivity contribution in [2.75, 3.05) is 18.0 Å². The number of benzene rings is 1. The fourth-order valence-corrected chi connectivity index (χ4v) is 2.38. The van der Waals surface area contributed by atoms with Crippen LogP contribution in [-0.2, 0) is 16.1 Å². The molecule has 0 radical (unpaired) electrons. The third-order valence-electron chi connectivity index (χ3n) is 3.29. The van der Waals surface area contributed by atoms with Crippen molar-refractivity contribution in [3.05, 3.63) is 29.8 Å². The molecule has 0 saturated carbocycles. The van der Waals surface area contributed by atoms with Crippen LogP contribution in [0.3, 0.4) is 0 Å². The number of amides is 1. The van der Waals surface area contributed by atoms with Gasteiger partial charge in [0.05, 0.1) is 6.54 Å². The van der Waals surface area contributed by atoms with Crippen molar-refractivity contribution in [2.24, 2.45) is 0 Å². The minimum absolute atomic E-state index is 0.0218. The molecular formula is C14H19BN2O3. The van der Waals surface area contributed by atoms with E-state index in [0.717, 1.165) is 30.8 Å². The monoisotopic (exact) mass is 274 g/mol. The van der Waals surface area contributed by atoms with Gasteiger partial charge in [0.25, 0.3) is 0 Å². The fraction of sp³-hybridized carbons (Fsp3) is 0.429. The quantitative estimate of drug-likeness (QED) is 0.647. The molecule has 1 heterocycles. The Morgan fingerprint density at radius 3 is 3.00 bits per heavy atom. The number of hydrogen-bond donors (Lipinski definition) is 1. The predicted molar refractivity (Wildman–Crippen MR) is 79.6 cm³/mol. The number of carbonyl (C=O) groups excluding carboxylic acids is 2. The Bertz CT molecular complexity index is 507. The van der Waals surface area contributed by atoms with E-state index in [-0.39, 0.29) is 17.9 Å². The zero-order valence-corrected chi connectivity index (χ0v) is 11.9. The van der Waals surface area contributed by atoms with Gasteiger partial charge >= 0.3 is 5.97 Å². The van der Waals surface area contributed by atoms with Gasteiger partial charge in [-0.15, -0.1) is 0 Å². The maximum Gasteiger partial charge on any atom is 0.302 e. The normalized spacial score (nSPS) is 17.9. The van der Waals surface area contributed by atoms with Gasteiger partial charge in [0, 0.05) is 32.1 Å². The van der Waals surface area contributed by atoms with E-state index in [1.165, 1.54) is 14.8 Å². The first-order valence-corrected chi connectivity index (χ1v) is 6.80. The Hall–Kier alpha value is -1.98. The Morgan fingerprint density at radius 1 is 1.50 bits per heavy atom. The Morgan fingerprint density at radius 2 is 2.30 bits per heavy atom. The Kier molecular flexibility index (Phi) is 4.66. The van der Waals surface area contributed by atoms with Crippen molar-refractivity contribution in [3.63, 3.8) is 0 Å². The van der Waals surface area contributed by atoms with E-state index < -0.39 is 0 Å². The number of carbonyl (C=O) groups is 2. The van der Waals surface area contributed by atoms with Crippen molar-refractivity contribution < 1.29 is 14.3 Å². The smallest absolute Gasteiger partial charge is 0.302 e. The summed E-state index contributed by atoms with van der Waals surface area (Å²) in [6, 6.07) is 8.06. The lowest BCUT2D eigenvalue weighted by Crippen LogP contribution is -2.24. The summed E-state index contributed by atoms with van der Waals surface area (Å²) in [5, 5.41) is 2.79. The van der Waals surface area contributed by atoms with Gasteiger partial charge in [0.2, 0.25) is 7.85 Å². The summed E-state index contributed by atoms with van der Waals surface area (Å²) >= 11 is 0. The SMILES string of the molecule is BC(=O)NCc1cccc(N2CC[C@@H](OC(C)=O)C2)c1. The standard InChI is InChI=1S/C14H19BN2O3/c1-10(18)20-13-5-6-17(9-13)12-4-2-3-11(7-12)8-16-14(15)19/h2-4,7,13H,5-6,8-9,15H2,1H3,(H,16,19)/t13-/m1/s1. The largest absolute Gasteiger partial charge is 0.461 e. The average molecular weight is 274 g/mol. The van der Waals surface area contributed by atoms with Crippen LogP contribution < -0.4 is 10.2 Å². The second-order valence-electron chi connectivity index (χ2n) is 5.05. The van der Waals surface area contributed by atoms with E-state index in [0.29, 0.717) is 6.54 Å². The summed E-state index contributed by atoms with van der Waals surface area (Å²) in [4.78, 5) is 24.1. The molecule has 0 aliphatic carbocycles.